The molecule has 2 saturated carbocycles. The first-order valence-electron chi connectivity index (χ1n) is 6.76. The summed E-state index contributed by atoms with van der Waals surface area (Å²) in [5.74, 6) is 1.88. The van der Waals surface area contributed by atoms with Crippen molar-refractivity contribution in [2.45, 2.75) is 46.1 Å². The van der Waals surface area contributed by atoms with Crippen molar-refractivity contribution < 1.29 is 4.74 Å². The summed E-state index contributed by atoms with van der Waals surface area (Å²) in [5.41, 5.74) is 0.792. The van der Waals surface area contributed by atoms with Crippen LogP contribution in [0.2, 0.25) is 0 Å². The zero-order chi connectivity index (χ0) is 12.1. The molecular formula is C16H22O. The van der Waals surface area contributed by atoms with Crippen LogP contribution in [-0.4, -0.2) is 6.10 Å². The summed E-state index contributed by atoms with van der Waals surface area (Å²) in [6.45, 7) is 7.28. The molecular weight excluding hydrogens is 208 g/mol. The average molecular weight is 230 g/mol. The fourth-order valence-corrected chi connectivity index (χ4v) is 3.97. The number of fused-ring (bicyclic) bond motifs is 2. The minimum atomic E-state index is 0.355. The largest absolute Gasteiger partial charge is 0.490 e. The molecule has 0 saturated heterocycles. The van der Waals surface area contributed by atoms with E-state index in [0.717, 1.165) is 11.7 Å². The second kappa shape index (κ2) is 3.51. The van der Waals surface area contributed by atoms with Gasteiger partial charge in [0, 0.05) is 5.41 Å². The SMILES string of the molecule is CC1(C)[C@@H]2CC[C@]1(C)[C@H](Oc1ccccc1)C2. The number of benzene rings is 1. The van der Waals surface area contributed by atoms with Gasteiger partial charge in [-0.15, -0.1) is 0 Å². The van der Waals surface area contributed by atoms with Crippen LogP contribution in [0.3, 0.4) is 0 Å². The van der Waals surface area contributed by atoms with E-state index in [-0.39, 0.29) is 0 Å². The quantitative estimate of drug-likeness (QED) is 0.737. The molecule has 0 radical (unpaired) electrons. The van der Waals surface area contributed by atoms with Crippen LogP contribution in [0.15, 0.2) is 30.3 Å². The van der Waals surface area contributed by atoms with Crippen LogP contribution in [0.5, 0.6) is 5.75 Å². The highest BCUT2D eigenvalue weighted by Gasteiger charge is 2.62. The fraction of sp³-hybridized carbons (Fsp3) is 0.625. The number of para-hydroxylation sites is 1. The standard InChI is InChI=1S/C16H22O/c1-15(2)12-9-10-16(15,3)14(11-12)17-13-7-5-4-6-8-13/h4-8,12,14H,9-11H2,1-3H3/t12-,14-,16-/m1/s1. The van der Waals surface area contributed by atoms with Gasteiger partial charge in [0.15, 0.2) is 0 Å². The molecule has 3 rings (SSSR count). The van der Waals surface area contributed by atoms with Crippen molar-refractivity contribution in [2.24, 2.45) is 16.7 Å². The van der Waals surface area contributed by atoms with E-state index in [1.54, 1.807) is 0 Å². The summed E-state index contributed by atoms with van der Waals surface area (Å²) in [6, 6.07) is 10.3. The van der Waals surface area contributed by atoms with Crippen LogP contribution in [0.4, 0.5) is 0 Å². The van der Waals surface area contributed by atoms with Crippen molar-refractivity contribution >= 4 is 0 Å². The van der Waals surface area contributed by atoms with Gasteiger partial charge in [0.1, 0.15) is 11.9 Å². The van der Waals surface area contributed by atoms with E-state index in [9.17, 15) is 0 Å². The summed E-state index contributed by atoms with van der Waals surface area (Å²) in [4.78, 5) is 0. The van der Waals surface area contributed by atoms with Gasteiger partial charge >= 0.3 is 0 Å². The summed E-state index contributed by atoms with van der Waals surface area (Å²) >= 11 is 0. The fourth-order valence-electron chi connectivity index (χ4n) is 3.97. The minimum absolute atomic E-state index is 0.355. The highest BCUT2D eigenvalue weighted by Crippen LogP contribution is 2.66. The van der Waals surface area contributed by atoms with E-state index >= 15 is 0 Å². The molecule has 2 fully saturated rings. The lowest BCUT2D eigenvalue weighted by atomic mass is 9.70. The first-order valence-corrected chi connectivity index (χ1v) is 6.76. The predicted molar refractivity (Wildman–Crippen MR) is 70.1 cm³/mol. The van der Waals surface area contributed by atoms with Crippen molar-refractivity contribution in [2.75, 3.05) is 0 Å². The third-order valence-electron chi connectivity index (χ3n) is 5.74. The Morgan fingerprint density at radius 3 is 2.35 bits per heavy atom. The Labute approximate surface area is 104 Å². The van der Waals surface area contributed by atoms with E-state index < -0.39 is 0 Å². The monoisotopic (exact) mass is 230 g/mol. The van der Waals surface area contributed by atoms with Crippen LogP contribution < -0.4 is 4.74 Å². The van der Waals surface area contributed by atoms with Gasteiger partial charge in [0.25, 0.3) is 0 Å². The van der Waals surface area contributed by atoms with Crippen molar-refractivity contribution in [3.8, 4) is 5.75 Å². The Bertz CT molecular complexity index is 409. The summed E-state index contributed by atoms with van der Waals surface area (Å²) < 4.78 is 6.25. The van der Waals surface area contributed by atoms with Gasteiger partial charge in [0.2, 0.25) is 0 Å². The van der Waals surface area contributed by atoms with Crippen molar-refractivity contribution in [1.82, 2.24) is 0 Å². The second-order valence-corrected chi connectivity index (χ2v) is 6.53. The van der Waals surface area contributed by atoms with Crippen LogP contribution in [0.1, 0.15) is 40.0 Å². The van der Waals surface area contributed by atoms with E-state index in [4.69, 9.17) is 4.74 Å². The van der Waals surface area contributed by atoms with Gasteiger partial charge in [-0.25, -0.2) is 0 Å². The Kier molecular flexibility index (Phi) is 2.30. The molecule has 1 heteroatoms. The Morgan fingerprint density at radius 2 is 1.82 bits per heavy atom. The molecule has 92 valence electrons. The summed E-state index contributed by atoms with van der Waals surface area (Å²) in [5, 5.41) is 0. The highest BCUT2D eigenvalue weighted by atomic mass is 16.5. The zero-order valence-corrected chi connectivity index (χ0v) is 11.1. The third-order valence-corrected chi connectivity index (χ3v) is 5.74. The lowest BCUT2D eigenvalue weighted by molar-refractivity contribution is 0.0302. The molecule has 0 N–H and O–H groups in total. The maximum atomic E-state index is 6.25. The lowest BCUT2D eigenvalue weighted by Crippen LogP contribution is -2.38. The van der Waals surface area contributed by atoms with Gasteiger partial charge < -0.3 is 4.74 Å². The highest BCUT2D eigenvalue weighted by molar-refractivity contribution is 5.23. The van der Waals surface area contributed by atoms with Crippen LogP contribution in [0.25, 0.3) is 0 Å². The number of hydrogen-bond donors (Lipinski definition) is 0. The molecule has 2 aliphatic rings. The van der Waals surface area contributed by atoms with Crippen LogP contribution in [-0.2, 0) is 0 Å². The van der Waals surface area contributed by atoms with Gasteiger partial charge in [-0.05, 0) is 42.7 Å². The Balaban J connectivity index is 1.83. The van der Waals surface area contributed by atoms with Crippen molar-refractivity contribution in [3.05, 3.63) is 30.3 Å². The smallest absolute Gasteiger partial charge is 0.119 e. The number of ether oxygens (including phenoxy) is 1. The summed E-state index contributed by atoms with van der Waals surface area (Å²) in [6.07, 6.45) is 4.34. The van der Waals surface area contributed by atoms with E-state index in [0.29, 0.717) is 16.9 Å². The van der Waals surface area contributed by atoms with Gasteiger partial charge in [-0.1, -0.05) is 39.0 Å². The summed E-state index contributed by atoms with van der Waals surface area (Å²) in [7, 11) is 0. The molecule has 0 spiro atoms. The maximum Gasteiger partial charge on any atom is 0.119 e. The third kappa shape index (κ3) is 1.44. The molecule has 0 amide bonds. The minimum Gasteiger partial charge on any atom is -0.490 e. The van der Waals surface area contributed by atoms with Crippen molar-refractivity contribution in [3.63, 3.8) is 0 Å². The molecule has 1 aromatic rings. The molecule has 1 aromatic carbocycles. The van der Waals surface area contributed by atoms with E-state index in [1.807, 2.05) is 6.07 Å². The molecule has 3 atom stereocenters. The van der Waals surface area contributed by atoms with Crippen LogP contribution >= 0.6 is 0 Å². The van der Waals surface area contributed by atoms with Gasteiger partial charge in [0.05, 0.1) is 0 Å². The Morgan fingerprint density at radius 1 is 1.12 bits per heavy atom. The van der Waals surface area contributed by atoms with Crippen LogP contribution in [0, 0.1) is 16.7 Å². The van der Waals surface area contributed by atoms with E-state index in [2.05, 4.69) is 45.0 Å². The molecule has 0 aromatic heterocycles. The average Bonchev–Trinajstić information content (AvgIpc) is 2.63. The molecule has 2 aliphatic carbocycles. The van der Waals surface area contributed by atoms with Crippen molar-refractivity contribution in [1.29, 1.82) is 0 Å². The number of rotatable bonds is 2. The molecule has 1 nitrogen and oxygen atoms in total. The number of hydrogen-bond acceptors (Lipinski definition) is 1. The molecule has 0 heterocycles. The first-order chi connectivity index (χ1) is 8.04. The maximum absolute atomic E-state index is 6.25. The lowest BCUT2D eigenvalue weighted by Gasteiger charge is -2.38. The van der Waals surface area contributed by atoms with Gasteiger partial charge in [-0.2, -0.15) is 0 Å². The normalized spacial score (nSPS) is 38.3. The second-order valence-electron chi connectivity index (χ2n) is 6.53. The Hall–Kier alpha value is -0.980. The van der Waals surface area contributed by atoms with E-state index in [1.165, 1.54) is 19.3 Å². The molecule has 0 unspecified atom stereocenters. The molecule has 0 aliphatic heterocycles. The zero-order valence-electron chi connectivity index (χ0n) is 11.1. The first kappa shape index (κ1) is 11.1. The molecule has 17 heavy (non-hydrogen) atoms. The molecule has 2 bridgehead atoms. The van der Waals surface area contributed by atoms with Gasteiger partial charge in [-0.3, -0.25) is 0 Å². The topological polar surface area (TPSA) is 9.23 Å². The predicted octanol–water partition coefficient (Wildman–Crippen LogP) is 4.28.